The van der Waals surface area contributed by atoms with Crippen molar-refractivity contribution in [3.63, 3.8) is 0 Å². The number of piperidine rings is 2. The lowest BCUT2D eigenvalue weighted by Crippen LogP contribution is -2.40. The van der Waals surface area contributed by atoms with Crippen LogP contribution in [0.25, 0.3) is 0 Å². The number of benzene rings is 2. The minimum absolute atomic E-state index is 0. The van der Waals surface area contributed by atoms with E-state index in [0.29, 0.717) is 26.3 Å². The summed E-state index contributed by atoms with van der Waals surface area (Å²) >= 11 is 0. The van der Waals surface area contributed by atoms with Crippen molar-refractivity contribution in [3.05, 3.63) is 71.8 Å². The second-order valence-corrected chi connectivity index (χ2v) is 10.4. The van der Waals surface area contributed by atoms with E-state index < -0.39 is 0 Å². The molecule has 5 N–H and O–H groups in total. The van der Waals surface area contributed by atoms with Crippen molar-refractivity contribution >= 4 is 37.0 Å². The topological polar surface area (TPSA) is 182 Å². The molecule has 4 heterocycles. The second-order valence-electron chi connectivity index (χ2n) is 10.4. The Hall–Kier alpha value is -3.79. The first-order valence-corrected chi connectivity index (χ1v) is 14.5. The third-order valence-corrected chi connectivity index (χ3v) is 7.56. The van der Waals surface area contributed by atoms with E-state index in [2.05, 4.69) is 11.1 Å². The Morgan fingerprint density at radius 2 is 1.20 bits per heavy atom. The molecule has 4 bridgehead atoms. The molecule has 4 atom stereocenters. The first kappa shape index (κ1) is 40.2. The van der Waals surface area contributed by atoms with Crippen molar-refractivity contribution in [2.45, 2.75) is 77.4 Å². The summed E-state index contributed by atoms with van der Waals surface area (Å²) in [6, 6.07) is 18.9. The van der Waals surface area contributed by atoms with Gasteiger partial charge in [-0.25, -0.2) is 15.5 Å². The summed E-state index contributed by atoms with van der Waals surface area (Å²) < 4.78 is 0. The van der Waals surface area contributed by atoms with Crippen molar-refractivity contribution in [1.82, 2.24) is 19.9 Å². The number of hydroxylamine groups is 4. The molecule has 4 fully saturated rings. The number of aliphatic hydroxyl groups excluding tert-OH is 1. The Balaban J connectivity index is 0.000000389. The van der Waals surface area contributed by atoms with Gasteiger partial charge in [-0.05, 0) is 43.7 Å². The van der Waals surface area contributed by atoms with Crippen LogP contribution in [-0.2, 0) is 27.7 Å². The molecule has 0 radical (unpaired) electrons. The van der Waals surface area contributed by atoms with Crippen LogP contribution in [-0.4, -0.2) is 104 Å². The number of halogens is 1. The first-order chi connectivity index (χ1) is 21.5. The summed E-state index contributed by atoms with van der Waals surface area (Å²) in [6.45, 7) is 3.92. The number of aldehydes is 1. The second kappa shape index (κ2) is 21.1. The number of fused-ring (bicyclic) bond motifs is 4. The van der Waals surface area contributed by atoms with Gasteiger partial charge in [0.2, 0.25) is 0 Å². The highest BCUT2D eigenvalue weighted by atomic mass is 35.5. The van der Waals surface area contributed by atoms with Crippen LogP contribution in [0.1, 0.15) is 51.2 Å². The van der Waals surface area contributed by atoms with E-state index >= 15 is 0 Å². The van der Waals surface area contributed by atoms with Gasteiger partial charge in [0.15, 0.2) is 0 Å². The molecule has 15 heteroatoms. The average molecular weight is 667 g/mol. The van der Waals surface area contributed by atoms with Gasteiger partial charge in [0.1, 0.15) is 19.5 Å². The largest absolute Gasteiger partial charge is 0.411 e. The molecule has 46 heavy (non-hydrogen) atoms. The summed E-state index contributed by atoms with van der Waals surface area (Å²) in [4.78, 5) is 50.0. The molecule has 14 nitrogen and oxygen atoms in total. The van der Waals surface area contributed by atoms with Gasteiger partial charge < -0.3 is 30.1 Å². The van der Waals surface area contributed by atoms with E-state index in [0.717, 1.165) is 43.1 Å². The van der Waals surface area contributed by atoms with E-state index in [4.69, 9.17) is 25.2 Å². The summed E-state index contributed by atoms with van der Waals surface area (Å²) in [6.07, 6.45) is 5.47. The average Bonchev–Trinajstić information content (AvgIpc) is 3.47. The lowest BCUT2D eigenvalue weighted by molar-refractivity contribution is -0.140. The van der Waals surface area contributed by atoms with Gasteiger partial charge in [-0.1, -0.05) is 73.2 Å². The molecular weight excluding hydrogens is 620 g/mol. The molecule has 0 aromatic heterocycles. The van der Waals surface area contributed by atoms with Crippen molar-refractivity contribution in [1.29, 1.82) is 0 Å². The Labute approximate surface area is 276 Å². The molecule has 4 saturated heterocycles. The summed E-state index contributed by atoms with van der Waals surface area (Å²) in [5.74, 6) is 3.50. The normalized spacial score (nSPS) is 22.3. The molecule has 4 amide bonds. The van der Waals surface area contributed by atoms with Gasteiger partial charge in [0.25, 0.3) is 0 Å². The quantitative estimate of drug-likeness (QED) is 0.141. The summed E-state index contributed by atoms with van der Waals surface area (Å²) in [5, 5.41) is 28.7. The molecule has 0 unspecified atom stereocenters. The molecular formula is C31H47ClN6O8. The van der Waals surface area contributed by atoms with E-state index in [1.54, 1.807) is 16.7 Å². The smallest absolute Gasteiger partial charge is 0.344 e. The van der Waals surface area contributed by atoms with Gasteiger partial charge >= 0.3 is 12.1 Å². The molecule has 0 aliphatic carbocycles. The van der Waals surface area contributed by atoms with Crippen LogP contribution in [0.3, 0.4) is 0 Å². The number of aliphatic hydroxyl groups is 1. The number of amides is 4. The van der Waals surface area contributed by atoms with Gasteiger partial charge in [-0.2, -0.15) is 10.1 Å². The predicted octanol–water partition coefficient (Wildman–Crippen LogP) is 3.82. The van der Waals surface area contributed by atoms with E-state index in [1.165, 1.54) is 16.3 Å². The Bertz CT molecular complexity index is 1200. The number of urea groups is 2. The third kappa shape index (κ3) is 10.4. The number of hydrogen-bond donors (Lipinski definition) is 4. The van der Waals surface area contributed by atoms with Crippen LogP contribution in [0.15, 0.2) is 65.8 Å². The van der Waals surface area contributed by atoms with Crippen LogP contribution in [0.5, 0.6) is 0 Å². The first-order valence-electron chi connectivity index (χ1n) is 14.5. The fraction of sp³-hybridized carbons (Fsp3) is 0.484. The standard InChI is InChI=1S/C14H17N3O3.C14H16N2O3.C2H6O.CH4.ClH.H3NO/c18-14-16-9-13(7-6-12(16)8-15-19)17(14)20-10-11-4-2-1-3-5-11;17-9-13-7-6-12-8-15(13)14(18)16(12)19-10-11-4-2-1-3-5-11;1-2-3;;;1-2/h1-5,8,12-13,19H,6-7,9-10H2;1-5,9,12-13H,6-8,10H2;3H,2H2,1H3;1H4;1H;2H,1H2/b15-8+;;;;;/t2*12-,13+;;;;/m01..../s1. The third-order valence-electron chi connectivity index (χ3n) is 7.56. The highest BCUT2D eigenvalue weighted by molar-refractivity contribution is 5.85. The highest BCUT2D eigenvalue weighted by Crippen LogP contribution is 2.30. The van der Waals surface area contributed by atoms with Gasteiger partial charge in [-0.15, -0.1) is 12.4 Å². The number of oxime groups is 1. The number of carbonyl (C=O) groups excluding carboxylic acids is 3. The Morgan fingerprint density at radius 1 is 0.804 bits per heavy atom. The number of rotatable bonds is 8. The maximum Gasteiger partial charge on any atom is 0.344 e. The Kier molecular flexibility index (Phi) is 18.4. The zero-order chi connectivity index (χ0) is 31.9. The Morgan fingerprint density at radius 3 is 1.59 bits per heavy atom. The zero-order valence-corrected chi connectivity index (χ0v) is 26.0. The lowest BCUT2D eigenvalue weighted by Gasteiger charge is -2.26. The molecule has 6 rings (SSSR count). The number of nitrogens with two attached hydrogens (primary N) is 1. The molecule has 2 aromatic rings. The SMILES string of the molecule is C.CCO.Cl.NO.O=C1N2C[C@@H](CC[C@H]2/C=N/O)N1OCc1ccccc1.O=C[C@@H]1CC[C@@H]2CN1C(=O)N2OCc1ccccc1. The zero-order valence-electron chi connectivity index (χ0n) is 25.2. The van der Waals surface area contributed by atoms with E-state index in [9.17, 15) is 14.4 Å². The van der Waals surface area contributed by atoms with Crippen LogP contribution >= 0.6 is 12.4 Å². The van der Waals surface area contributed by atoms with Crippen LogP contribution in [0.4, 0.5) is 9.59 Å². The van der Waals surface area contributed by atoms with Gasteiger partial charge in [0.05, 0.1) is 30.4 Å². The fourth-order valence-electron chi connectivity index (χ4n) is 5.47. The monoisotopic (exact) mass is 666 g/mol. The number of carbonyl (C=O) groups is 3. The number of hydrogen-bond acceptors (Lipinski definition) is 10. The molecule has 256 valence electrons. The molecule has 0 saturated carbocycles. The fourth-order valence-corrected chi connectivity index (χ4v) is 5.47. The van der Waals surface area contributed by atoms with Crippen LogP contribution in [0.2, 0.25) is 0 Å². The molecule has 4 aliphatic heterocycles. The van der Waals surface area contributed by atoms with Crippen molar-refractivity contribution in [2.75, 3.05) is 19.7 Å². The summed E-state index contributed by atoms with van der Waals surface area (Å²) in [7, 11) is 0. The lowest BCUT2D eigenvalue weighted by atomic mass is 10.0. The maximum absolute atomic E-state index is 12.3. The minimum atomic E-state index is -0.283. The summed E-state index contributed by atoms with van der Waals surface area (Å²) in [5.41, 5.74) is 2.06. The van der Waals surface area contributed by atoms with Gasteiger partial charge in [-0.3, -0.25) is 9.68 Å². The molecule has 4 aliphatic rings. The van der Waals surface area contributed by atoms with Crippen LogP contribution in [0, 0.1) is 0 Å². The highest BCUT2D eigenvalue weighted by Gasteiger charge is 2.46. The predicted molar refractivity (Wildman–Crippen MR) is 173 cm³/mol. The number of nitrogens with zero attached hydrogens (tertiary/aromatic N) is 5. The van der Waals surface area contributed by atoms with E-state index in [-0.39, 0.29) is 62.7 Å². The van der Waals surface area contributed by atoms with E-state index in [1.807, 2.05) is 60.7 Å². The van der Waals surface area contributed by atoms with Crippen molar-refractivity contribution in [2.24, 2.45) is 11.1 Å². The van der Waals surface area contributed by atoms with Crippen molar-refractivity contribution in [3.8, 4) is 0 Å². The van der Waals surface area contributed by atoms with Crippen LogP contribution < -0.4 is 5.90 Å². The van der Waals surface area contributed by atoms with Crippen molar-refractivity contribution < 1.29 is 39.6 Å². The maximum atomic E-state index is 12.3. The minimum Gasteiger partial charge on any atom is -0.411 e. The molecule has 2 aromatic carbocycles. The van der Waals surface area contributed by atoms with Gasteiger partial charge in [0, 0.05) is 19.7 Å². The molecule has 0 spiro atoms.